The Kier molecular flexibility index (Phi) is 11.2. The third-order valence-electron chi connectivity index (χ3n) is 13.2. The maximum absolute atomic E-state index is 2.37. The molecule has 0 atom stereocenters. The molecule has 0 bridgehead atoms. The van der Waals surface area contributed by atoms with Gasteiger partial charge in [-0.25, -0.2) is 0 Å². The molecule has 1 aromatic heterocycles. The second-order valence-corrected chi connectivity index (χ2v) is 17.4. The highest BCUT2D eigenvalue weighted by molar-refractivity contribution is 6.10. The number of benzene rings is 11. The lowest BCUT2D eigenvalue weighted by Crippen LogP contribution is -2.12. The Balaban J connectivity index is 0.901. The molecule has 12 aromatic rings. The zero-order valence-corrected chi connectivity index (χ0v) is 38.5. The van der Waals surface area contributed by atoms with E-state index >= 15 is 0 Å². The SMILES string of the molecule is c1ccc(N(c2ccccc2)c2ccc(-c3ccc(N(c4ccc(-c5ccc6c(c5)c5ccccc5n6-c5ccccc5)cc4)c4ccc(N(c5ccccc5)c5ccccc5)cc4)cc3)cc2)cc1. The molecule has 0 aliphatic rings. The Morgan fingerprint density at radius 2 is 0.471 bits per heavy atom. The fourth-order valence-electron chi connectivity index (χ4n) is 9.82. The molecule has 11 aromatic carbocycles. The van der Waals surface area contributed by atoms with Crippen molar-refractivity contribution < 1.29 is 0 Å². The summed E-state index contributed by atoms with van der Waals surface area (Å²) in [6, 6.07) is 104. The molecular formula is C66H48N4. The quantitative estimate of drug-likeness (QED) is 0.121. The Bertz CT molecular complexity index is 3570. The summed E-state index contributed by atoms with van der Waals surface area (Å²) in [5.41, 5.74) is 18.0. The number of hydrogen-bond acceptors (Lipinski definition) is 3. The molecule has 0 aliphatic heterocycles. The van der Waals surface area contributed by atoms with Gasteiger partial charge in [0.1, 0.15) is 0 Å². The molecule has 332 valence electrons. The molecule has 0 amide bonds. The first-order chi connectivity index (χ1) is 34.7. The summed E-state index contributed by atoms with van der Waals surface area (Å²) in [5.74, 6) is 0. The van der Waals surface area contributed by atoms with Gasteiger partial charge in [0, 0.05) is 67.6 Å². The van der Waals surface area contributed by atoms with Crippen LogP contribution in [0.1, 0.15) is 0 Å². The van der Waals surface area contributed by atoms with E-state index in [9.17, 15) is 0 Å². The van der Waals surface area contributed by atoms with E-state index < -0.39 is 0 Å². The summed E-state index contributed by atoms with van der Waals surface area (Å²) in [6.07, 6.45) is 0. The minimum absolute atomic E-state index is 1.06. The van der Waals surface area contributed by atoms with Crippen LogP contribution >= 0.6 is 0 Å². The van der Waals surface area contributed by atoms with Crippen LogP contribution in [0.5, 0.6) is 0 Å². The van der Waals surface area contributed by atoms with Crippen molar-refractivity contribution in [2.45, 2.75) is 0 Å². The van der Waals surface area contributed by atoms with Crippen LogP contribution in [0.15, 0.2) is 291 Å². The van der Waals surface area contributed by atoms with Crippen molar-refractivity contribution in [2.24, 2.45) is 0 Å². The zero-order chi connectivity index (χ0) is 46.6. The number of hydrogen-bond donors (Lipinski definition) is 0. The van der Waals surface area contributed by atoms with Gasteiger partial charge in [-0.1, -0.05) is 152 Å². The molecule has 0 spiro atoms. The van der Waals surface area contributed by atoms with Gasteiger partial charge in [0.15, 0.2) is 0 Å². The molecule has 0 saturated carbocycles. The average molecular weight is 897 g/mol. The van der Waals surface area contributed by atoms with Crippen molar-refractivity contribution in [3.63, 3.8) is 0 Å². The highest BCUT2D eigenvalue weighted by Gasteiger charge is 2.18. The summed E-state index contributed by atoms with van der Waals surface area (Å²) >= 11 is 0. The van der Waals surface area contributed by atoms with Gasteiger partial charge < -0.3 is 19.3 Å². The number of anilines is 9. The Morgan fingerprint density at radius 1 is 0.200 bits per heavy atom. The van der Waals surface area contributed by atoms with Crippen molar-refractivity contribution >= 4 is 73.0 Å². The van der Waals surface area contributed by atoms with Gasteiger partial charge in [0.25, 0.3) is 0 Å². The van der Waals surface area contributed by atoms with Crippen molar-refractivity contribution in [2.75, 3.05) is 14.7 Å². The van der Waals surface area contributed by atoms with Crippen molar-refractivity contribution in [3.05, 3.63) is 291 Å². The van der Waals surface area contributed by atoms with E-state index in [2.05, 4.69) is 310 Å². The molecule has 0 unspecified atom stereocenters. The van der Waals surface area contributed by atoms with Gasteiger partial charge in [-0.2, -0.15) is 0 Å². The first kappa shape index (κ1) is 42.0. The predicted molar refractivity (Wildman–Crippen MR) is 296 cm³/mol. The number of nitrogens with zero attached hydrogens (tertiary/aromatic N) is 4. The second kappa shape index (κ2) is 18.7. The van der Waals surface area contributed by atoms with Crippen LogP contribution in [0, 0.1) is 0 Å². The number of fused-ring (bicyclic) bond motifs is 3. The maximum atomic E-state index is 2.37. The van der Waals surface area contributed by atoms with E-state index in [1.807, 2.05) is 0 Å². The maximum Gasteiger partial charge on any atom is 0.0541 e. The fraction of sp³-hybridized carbons (Fsp3) is 0. The predicted octanol–water partition coefficient (Wildman–Crippen LogP) is 18.5. The van der Waals surface area contributed by atoms with E-state index in [1.54, 1.807) is 0 Å². The highest BCUT2D eigenvalue weighted by Crippen LogP contribution is 2.42. The van der Waals surface area contributed by atoms with E-state index in [1.165, 1.54) is 27.4 Å². The Labute approximate surface area is 409 Å². The average Bonchev–Trinajstić information content (AvgIpc) is 3.77. The number of para-hydroxylation sites is 6. The molecular weight excluding hydrogens is 849 g/mol. The van der Waals surface area contributed by atoms with Crippen LogP contribution in [0.4, 0.5) is 51.2 Å². The van der Waals surface area contributed by atoms with E-state index in [-0.39, 0.29) is 0 Å². The molecule has 0 N–H and O–H groups in total. The lowest BCUT2D eigenvalue weighted by molar-refractivity contribution is 1.18. The van der Waals surface area contributed by atoms with Crippen LogP contribution in [-0.4, -0.2) is 4.57 Å². The number of aromatic nitrogens is 1. The molecule has 70 heavy (non-hydrogen) atoms. The standard InChI is InChI=1S/C66H48N4/c1-6-18-53(19-7-1)67(54-20-8-2-9-21-54)58-37-30-49(31-38-58)50-32-39-59(40-33-50)69(62-45-43-61(44-46-62)68(55-22-10-3-11-23-55)56-24-12-4-13-25-56)60-41-34-51(35-42-60)52-36-47-66-64(48-52)63-28-16-17-29-65(63)70(66)57-26-14-5-15-27-57/h1-48H. The topological polar surface area (TPSA) is 14.7 Å². The molecule has 4 nitrogen and oxygen atoms in total. The second-order valence-electron chi connectivity index (χ2n) is 17.4. The van der Waals surface area contributed by atoms with Gasteiger partial charge in [0.2, 0.25) is 0 Å². The summed E-state index contributed by atoms with van der Waals surface area (Å²) in [7, 11) is 0. The van der Waals surface area contributed by atoms with Gasteiger partial charge in [-0.3, -0.25) is 0 Å². The Hall–Kier alpha value is -9.38. The van der Waals surface area contributed by atoms with Crippen molar-refractivity contribution in [3.8, 4) is 27.9 Å². The van der Waals surface area contributed by atoms with E-state index in [0.29, 0.717) is 0 Å². The van der Waals surface area contributed by atoms with Crippen LogP contribution in [-0.2, 0) is 0 Å². The summed E-state index contributed by atoms with van der Waals surface area (Å²) < 4.78 is 2.37. The molecule has 0 saturated heterocycles. The van der Waals surface area contributed by atoms with Gasteiger partial charge in [-0.05, 0) is 162 Å². The smallest absolute Gasteiger partial charge is 0.0541 e. The monoisotopic (exact) mass is 896 g/mol. The minimum atomic E-state index is 1.06. The van der Waals surface area contributed by atoms with E-state index in [4.69, 9.17) is 0 Å². The summed E-state index contributed by atoms with van der Waals surface area (Å²) in [5, 5.41) is 2.48. The lowest BCUT2D eigenvalue weighted by atomic mass is 10.0. The van der Waals surface area contributed by atoms with Crippen LogP contribution < -0.4 is 14.7 Å². The van der Waals surface area contributed by atoms with Crippen LogP contribution in [0.25, 0.3) is 49.7 Å². The van der Waals surface area contributed by atoms with E-state index in [0.717, 1.165) is 73.6 Å². The third-order valence-corrected chi connectivity index (χ3v) is 13.2. The molecule has 4 heteroatoms. The largest absolute Gasteiger partial charge is 0.311 e. The van der Waals surface area contributed by atoms with Crippen molar-refractivity contribution in [1.29, 1.82) is 0 Å². The van der Waals surface area contributed by atoms with Gasteiger partial charge in [-0.15, -0.1) is 0 Å². The first-order valence-electron chi connectivity index (χ1n) is 23.8. The van der Waals surface area contributed by atoms with Crippen molar-refractivity contribution in [1.82, 2.24) is 4.57 Å². The minimum Gasteiger partial charge on any atom is -0.311 e. The highest BCUT2D eigenvalue weighted by atomic mass is 15.2. The summed E-state index contributed by atoms with van der Waals surface area (Å²) in [6.45, 7) is 0. The lowest BCUT2D eigenvalue weighted by Gasteiger charge is -2.28. The molecule has 1 heterocycles. The normalized spacial score (nSPS) is 11.1. The first-order valence-corrected chi connectivity index (χ1v) is 23.8. The van der Waals surface area contributed by atoms with Gasteiger partial charge >= 0.3 is 0 Å². The molecule has 12 rings (SSSR count). The summed E-state index contributed by atoms with van der Waals surface area (Å²) in [4.78, 5) is 6.95. The fourth-order valence-corrected chi connectivity index (χ4v) is 9.82. The van der Waals surface area contributed by atoms with Crippen LogP contribution in [0.3, 0.4) is 0 Å². The third kappa shape index (κ3) is 8.14. The molecule has 0 fully saturated rings. The van der Waals surface area contributed by atoms with Gasteiger partial charge in [0.05, 0.1) is 11.0 Å². The molecule has 0 radical (unpaired) electrons. The zero-order valence-electron chi connectivity index (χ0n) is 38.5. The number of rotatable bonds is 12. The molecule has 0 aliphatic carbocycles. The Morgan fingerprint density at radius 3 is 0.857 bits per heavy atom. The van der Waals surface area contributed by atoms with Crippen LogP contribution in [0.2, 0.25) is 0 Å².